The number of nitrogens with one attached hydrogen (secondary N) is 1. The third-order valence-electron chi connectivity index (χ3n) is 6.41. The van der Waals surface area contributed by atoms with Gasteiger partial charge in [-0.05, 0) is 42.8 Å². The fourth-order valence-electron chi connectivity index (χ4n) is 4.46. The second kappa shape index (κ2) is 7.78. The third kappa shape index (κ3) is 3.24. The molecular weight excluding hydrogens is 427 g/mol. The van der Waals surface area contributed by atoms with Gasteiger partial charge in [0.15, 0.2) is 5.82 Å². The highest BCUT2D eigenvalue weighted by atomic mass is 19.1. The number of hydrogen-bond donors (Lipinski definition) is 3. The maximum absolute atomic E-state index is 15.3. The van der Waals surface area contributed by atoms with Crippen LogP contribution in [0.3, 0.4) is 0 Å². The molecule has 9 nitrogen and oxygen atoms in total. The van der Waals surface area contributed by atoms with Gasteiger partial charge in [-0.2, -0.15) is 5.26 Å². The van der Waals surface area contributed by atoms with Gasteiger partial charge in [0.1, 0.15) is 18.1 Å². The molecule has 1 aliphatic carbocycles. The van der Waals surface area contributed by atoms with Gasteiger partial charge in [-0.25, -0.2) is 19.2 Å². The smallest absolute Gasteiger partial charge is 0.413 e. The number of pyridine rings is 2. The monoisotopic (exact) mass is 448 g/mol. The number of fused-ring (bicyclic) bond motifs is 2. The van der Waals surface area contributed by atoms with E-state index in [9.17, 15) is 15.2 Å². The van der Waals surface area contributed by atoms with Crippen molar-refractivity contribution >= 4 is 34.1 Å². The zero-order valence-electron chi connectivity index (χ0n) is 17.8. The lowest BCUT2D eigenvalue weighted by Gasteiger charge is -2.38. The van der Waals surface area contributed by atoms with Crippen molar-refractivity contribution in [3.05, 3.63) is 35.9 Å². The fraction of sp³-hybridized carbons (Fsp3) is 0.304. The minimum Gasteiger partial charge on any atom is -0.474 e. The summed E-state index contributed by atoms with van der Waals surface area (Å²) in [4.78, 5) is 21.6. The summed E-state index contributed by atoms with van der Waals surface area (Å²) < 4.78 is 20.9. The normalized spacial score (nSPS) is 18.9. The van der Waals surface area contributed by atoms with Gasteiger partial charge in [-0.1, -0.05) is 0 Å². The van der Waals surface area contributed by atoms with Crippen LogP contribution < -0.4 is 20.7 Å². The maximum atomic E-state index is 15.3. The minimum atomic E-state index is -1.19. The Morgan fingerprint density at radius 3 is 2.85 bits per heavy atom. The van der Waals surface area contributed by atoms with Crippen molar-refractivity contribution in [2.45, 2.75) is 25.8 Å². The van der Waals surface area contributed by atoms with Gasteiger partial charge in [0.2, 0.25) is 5.88 Å². The second-order valence-electron chi connectivity index (χ2n) is 8.20. The summed E-state index contributed by atoms with van der Waals surface area (Å²) in [5.74, 6) is -0.344. The summed E-state index contributed by atoms with van der Waals surface area (Å²) in [5, 5.41) is 23.2. The summed E-state index contributed by atoms with van der Waals surface area (Å²) in [6.07, 6.45) is 2.95. The lowest BCUT2D eigenvalue weighted by atomic mass is 9.79. The maximum Gasteiger partial charge on any atom is 0.413 e. The first-order valence-electron chi connectivity index (χ1n) is 10.6. The van der Waals surface area contributed by atoms with Crippen molar-refractivity contribution < 1.29 is 19.0 Å². The predicted molar refractivity (Wildman–Crippen MR) is 121 cm³/mol. The second-order valence-corrected chi connectivity index (χ2v) is 8.20. The van der Waals surface area contributed by atoms with Gasteiger partial charge in [0.25, 0.3) is 0 Å². The molecule has 4 N–H and O–H groups in total. The Bertz CT molecular complexity index is 1340. The number of nitriles is 1. The molecule has 1 amide bonds. The summed E-state index contributed by atoms with van der Waals surface area (Å²) in [6, 6.07) is 4.87. The molecule has 1 aliphatic heterocycles. The highest BCUT2D eigenvalue weighted by Gasteiger charge is 2.39. The Labute approximate surface area is 188 Å². The Morgan fingerprint density at radius 1 is 1.33 bits per heavy atom. The van der Waals surface area contributed by atoms with Crippen LogP contribution in [0.4, 0.5) is 26.4 Å². The number of ether oxygens (including phenoxy) is 1. The molecular formula is C23H21FN6O3. The highest BCUT2D eigenvalue weighted by molar-refractivity contribution is 6.00. The van der Waals surface area contributed by atoms with E-state index in [0.29, 0.717) is 53.9 Å². The summed E-state index contributed by atoms with van der Waals surface area (Å²) in [5.41, 5.74) is 8.31. The summed E-state index contributed by atoms with van der Waals surface area (Å²) in [6.45, 7) is 2.96. The van der Waals surface area contributed by atoms with Crippen LogP contribution in [0.5, 0.6) is 5.88 Å². The van der Waals surface area contributed by atoms with Crippen LogP contribution in [0.15, 0.2) is 24.5 Å². The highest BCUT2D eigenvalue weighted by Crippen LogP contribution is 2.40. The van der Waals surface area contributed by atoms with E-state index in [1.807, 2.05) is 6.92 Å². The van der Waals surface area contributed by atoms with Crippen LogP contribution in [-0.4, -0.2) is 40.4 Å². The Kier molecular flexibility index (Phi) is 4.89. The quantitative estimate of drug-likeness (QED) is 0.513. The van der Waals surface area contributed by atoms with Crippen molar-refractivity contribution in [1.29, 1.82) is 5.26 Å². The van der Waals surface area contributed by atoms with Crippen LogP contribution in [0.2, 0.25) is 0 Å². The standard InChI is InChI=1S/C23H21FN6O3/c1-11-15(9-29-22-21(11)27-4-5-33-22)14-6-13-7-18(28-10-16(13)20(26)19(14)24)30(23(31)32)17-3-2-12(17)8-25/h6-7,9-10,12,17,27H,2-5,26H2,1H3,(H,31,32)/t12-,17-/m0/s1. The van der Waals surface area contributed by atoms with E-state index in [-0.39, 0.29) is 23.0 Å². The average Bonchev–Trinajstić information content (AvgIpc) is 2.79. The molecule has 1 fully saturated rings. The molecule has 168 valence electrons. The van der Waals surface area contributed by atoms with E-state index >= 15 is 4.39 Å². The molecule has 33 heavy (non-hydrogen) atoms. The van der Waals surface area contributed by atoms with Crippen LogP contribution in [0.1, 0.15) is 18.4 Å². The lowest BCUT2D eigenvalue weighted by molar-refractivity contribution is 0.188. The Balaban J connectivity index is 1.64. The number of halogens is 1. The predicted octanol–water partition coefficient (Wildman–Crippen LogP) is 3.92. The van der Waals surface area contributed by atoms with Crippen molar-refractivity contribution in [2.24, 2.45) is 5.92 Å². The van der Waals surface area contributed by atoms with Gasteiger partial charge in [-0.15, -0.1) is 0 Å². The SMILES string of the molecule is Cc1c(-c2cc3cc(N(C(=O)O)[C@H]4CC[C@H]4C#N)ncc3c(N)c2F)cnc2c1NCCO2. The van der Waals surface area contributed by atoms with Crippen LogP contribution >= 0.6 is 0 Å². The van der Waals surface area contributed by atoms with Crippen molar-refractivity contribution in [3.8, 4) is 23.1 Å². The Morgan fingerprint density at radius 2 is 2.15 bits per heavy atom. The number of carboxylic acid groups (broad SMARTS) is 1. The number of aromatic nitrogens is 2. The van der Waals surface area contributed by atoms with Gasteiger partial charge < -0.3 is 20.9 Å². The van der Waals surface area contributed by atoms with Crippen molar-refractivity contribution in [1.82, 2.24) is 9.97 Å². The van der Waals surface area contributed by atoms with Crippen LogP contribution in [0.25, 0.3) is 21.9 Å². The molecule has 0 bridgehead atoms. The third-order valence-corrected chi connectivity index (χ3v) is 6.41. The summed E-state index contributed by atoms with van der Waals surface area (Å²) in [7, 11) is 0. The first-order valence-corrected chi connectivity index (χ1v) is 10.6. The molecule has 0 spiro atoms. The van der Waals surface area contributed by atoms with Crippen molar-refractivity contribution in [2.75, 3.05) is 29.1 Å². The number of nitrogens with two attached hydrogens (primary N) is 1. The zero-order valence-corrected chi connectivity index (χ0v) is 17.8. The summed E-state index contributed by atoms with van der Waals surface area (Å²) >= 11 is 0. The number of anilines is 3. The molecule has 0 radical (unpaired) electrons. The van der Waals surface area contributed by atoms with Gasteiger partial charge >= 0.3 is 6.09 Å². The zero-order chi connectivity index (χ0) is 23.3. The van der Waals surface area contributed by atoms with E-state index < -0.39 is 18.0 Å². The molecule has 10 heteroatoms. The molecule has 2 aliphatic rings. The van der Waals surface area contributed by atoms with E-state index in [4.69, 9.17) is 10.5 Å². The Hall–Kier alpha value is -4.13. The number of nitrogen functional groups attached to an aromatic ring is 1. The number of carbonyl (C=O) groups is 1. The number of amides is 1. The number of hydrogen-bond acceptors (Lipinski definition) is 7. The van der Waals surface area contributed by atoms with E-state index in [0.717, 1.165) is 10.5 Å². The van der Waals surface area contributed by atoms with Crippen LogP contribution in [0, 0.1) is 30.0 Å². The molecule has 2 aromatic heterocycles. The molecule has 0 unspecified atom stereocenters. The molecule has 3 aromatic rings. The molecule has 2 atom stereocenters. The molecule has 3 heterocycles. The fourth-order valence-corrected chi connectivity index (χ4v) is 4.46. The van der Waals surface area contributed by atoms with Gasteiger partial charge in [0, 0.05) is 35.5 Å². The van der Waals surface area contributed by atoms with Gasteiger partial charge in [-0.3, -0.25) is 4.90 Å². The first-order chi connectivity index (χ1) is 15.9. The largest absolute Gasteiger partial charge is 0.474 e. The number of rotatable bonds is 3. The number of benzene rings is 1. The number of nitrogens with zero attached hydrogens (tertiary/aromatic N) is 4. The topological polar surface area (TPSA) is 137 Å². The van der Waals surface area contributed by atoms with E-state index in [1.54, 1.807) is 18.3 Å². The molecule has 5 rings (SSSR count). The lowest BCUT2D eigenvalue weighted by Crippen LogP contribution is -2.49. The van der Waals surface area contributed by atoms with Crippen molar-refractivity contribution in [3.63, 3.8) is 0 Å². The average molecular weight is 448 g/mol. The van der Waals surface area contributed by atoms with E-state index in [2.05, 4.69) is 21.4 Å². The molecule has 1 aromatic carbocycles. The molecule has 0 saturated heterocycles. The van der Waals surface area contributed by atoms with Crippen LogP contribution in [-0.2, 0) is 0 Å². The minimum absolute atomic E-state index is 0.0803. The molecule has 1 saturated carbocycles. The van der Waals surface area contributed by atoms with Gasteiger partial charge in [0.05, 0.1) is 23.7 Å². The first kappa shape index (κ1) is 20.8. The van der Waals surface area contributed by atoms with E-state index in [1.165, 1.54) is 6.20 Å².